The molecule has 0 atom stereocenters. The Labute approximate surface area is 119 Å². The fourth-order valence-corrected chi connectivity index (χ4v) is 1.89. The number of carbonyl (C=O) groups excluding carboxylic acids is 1. The van der Waals surface area contributed by atoms with E-state index < -0.39 is 5.91 Å². The predicted molar refractivity (Wildman–Crippen MR) is 73.4 cm³/mol. The third kappa shape index (κ3) is 3.02. The lowest BCUT2D eigenvalue weighted by Gasteiger charge is -2.08. The number of anilines is 1. The maximum Gasteiger partial charge on any atom is 0.257 e. The molecule has 2 rings (SSSR count). The molecule has 1 amide bonds. The van der Waals surface area contributed by atoms with Crippen LogP contribution < -0.4 is 5.32 Å². The van der Waals surface area contributed by atoms with Gasteiger partial charge in [-0.3, -0.25) is 4.79 Å². The number of para-hydroxylation sites is 1. The Morgan fingerprint density at radius 2 is 1.89 bits per heavy atom. The van der Waals surface area contributed by atoms with Crippen molar-refractivity contribution >= 4 is 34.8 Å². The first-order chi connectivity index (χ1) is 9.11. The highest BCUT2D eigenvalue weighted by molar-refractivity contribution is 6.40. The second-order valence-electron chi connectivity index (χ2n) is 3.59. The molecule has 0 radical (unpaired) electrons. The summed E-state index contributed by atoms with van der Waals surface area (Å²) in [5, 5.41) is 11.9. The molecule has 0 aliphatic heterocycles. The van der Waals surface area contributed by atoms with Crippen LogP contribution in [0, 0.1) is 11.3 Å². The number of nitrogens with zero attached hydrogens (tertiary/aromatic N) is 2. The largest absolute Gasteiger partial charge is 0.319 e. The Morgan fingerprint density at radius 1 is 1.21 bits per heavy atom. The lowest BCUT2D eigenvalue weighted by Crippen LogP contribution is -2.13. The van der Waals surface area contributed by atoms with Gasteiger partial charge >= 0.3 is 0 Å². The van der Waals surface area contributed by atoms with Crippen LogP contribution in [-0.2, 0) is 0 Å². The van der Waals surface area contributed by atoms with E-state index in [1.54, 1.807) is 18.2 Å². The lowest BCUT2D eigenvalue weighted by molar-refractivity contribution is 0.102. The van der Waals surface area contributed by atoms with Crippen molar-refractivity contribution in [2.75, 3.05) is 5.32 Å². The fraction of sp³-hybridized carbons (Fsp3) is 0. The molecule has 94 valence electrons. The summed E-state index contributed by atoms with van der Waals surface area (Å²) in [4.78, 5) is 15.8. The van der Waals surface area contributed by atoms with Crippen molar-refractivity contribution in [3.05, 3.63) is 57.8 Å². The molecule has 6 heteroatoms. The van der Waals surface area contributed by atoms with Crippen LogP contribution >= 0.6 is 23.2 Å². The molecule has 1 N–H and O–H groups in total. The van der Waals surface area contributed by atoms with Crippen LogP contribution in [0.25, 0.3) is 0 Å². The first-order valence-corrected chi connectivity index (χ1v) is 5.99. The number of nitrogens with one attached hydrogen (secondary N) is 1. The number of pyridine rings is 1. The quantitative estimate of drug-likeness (QED) is 0.921. The number of carbonyl (C=O) groups is 1. The summed E-state index contributed by atoms with van der Waals surface area (Å²) in [6.45, 7) is 0. The predicted octanol–water partition coefficient (Wildman–Crippen LogP) is 3.51. The number of halogens is 2. The molecule has 1 heterocycles. The standard InChI is InChI=1S/C13H7Cl2N3O/c14-10-2-1-3-11(15)12(10)18-13(19)8-4-5-9(6-16)17-7-8/h1-5,7H,(H,18,19). The fourth-order valence-electron chi connectivity index (χ4n) is 1.40. The zero-order valence-electron chi connectivity index (χ0n) is 9.52. The lowest BCUT2D eigenvalue weighted by atomic mass is 10.2. The minimum Gasteiger partial charge on any atom is -0.319 e. The Bertz CT molecular complexity index is 642. The molecule has 0 fully saturated rings. The van der Waals surface area contributed by atoms with Crippen LogP contribution in [0.3, 0.4) is 0 Å². The maximum absolute atomic E-state index is 12.0. The van der Waals surface area contributed by atoms with E-state index in [4.69, 9.17) is 28.5 Å². The normalized spacial score (nSPS) is 9.74. The number of amides is 1. The van der Waals surface area contributed by atoms with Gasteiger partial charge in [-0.15, -0.1) is 0 Å². The minimum absolute atomic E-state index is 0.243. The van der Waals surface area contributed by atoms with Crippen LogP contribution in [0.2, 0.25) is 10.0 Å². The smallest absolute Gasteiger partial charge is 0.257 e. The van der Waals surface area contributed by atoms with Crippen LogP contribution in [0.1, 0.15) is 16.1 Å². The summed E-state index contributed by atoms with van der Waals surface area (Å²) < 4.78 is 0. The van der Waals surface area contributed by atoms with E-state index in [-0.39, 0.29) is 5.69 Å². The average molecular weight is 292 g/mol. The first kappa shape index (κ1) is 13.3. The third-order valence-corrected chi connectivity index (χ3v) is 2.97. The number of hydrogen-bond acceptors (Lipinski definition) is 3. The number of hydrogen-bond donors (Lipinski definition) is 1. The van der Waals surface area contributed by atoms with Gasteiger partial charge in [0.15, 0.2) is 0 Å². The van der Waals surface area contributed by atoms with E-state index in [1.165, 1.54) is 18.3 Å². The Hall–Kier alpha value is -2.09. The molecular formula is C13H7Cl2N3O. The molecular weight excluding hydrogens is 285 g/mol. The zero-order valence-corrected chi connectivity index (χ0v) is 11.0. The second kappa shape index (κ2) is 5.70. The van der Waals surface area contributed by atoms with E-state index in [0.717, 1.165) is 0 Å². The van der Waals surface area contributed by atoms with E-state index in [9.17, 15) is 4.79 Å². The molecule has 0 aliphatic carbocycles. The summed E-state index contributed by atoms with van der Waals surface area (Å²) in [6, 6.07) is 9.78. The molecule has 4 nitrogen and oxygen atoms in total. The van der Waals surface area contributed by atoms with Crippen molar-refractivity contribution in [3.8, 4) is 6.07 Å². The molecule has 0 unspecified atom stereocenters. The van der Waals surface area contributed by atoms with E-state index in [1.807, 2.05) is 6.07 Å². The van der Waals surface area contributed by atoms with Gasteiger partial charge in [0.2, 0.25) is 0 Å². The second-order valence-corrected chi connectivity index (χ2v) is 4.41. The molecule has 0 saturated heterocycles. The van der Waals surface area contributed by atoms with Gasteiger partial charge in [0.05, 0.1) is 21.3 Å². The van der Waals surface area contributed by atoms with Crippen LogP contribution in [-0.4, -0.2) is 10.9 Å². The van der Waals surface area contributed by atoms with Crippen LogP contribution in [0.4, 0.5) is 5.69 Å². The first-order valence-electron chi connectivity index (χ1n) is 5.23. The molecule has 0 aliphatic rings. The summed E-state index contributed by atoms with van der Waals surface area (Å²) in [6.07, 6.45) is 1.32. The van der Waals surface area contributed by atoms with E-state index in [0.29, 0.717) is 21.3 Å². The number of rotatable bonds is 2. The molecule has 19 heavy (non-hydrogen) atoms. The summed E-state index contributed by atoms with van der Waals surface area (Å²) in [7, 11) is 0. The SMILES string of the molecule is N#Cc1ccc(C(=O)Nc2c(Cl)cccc2Cl)cn1. The van der Waals surface area contributed by atoms with Gasteiger partial charge in [0.1, 0.15) is 11.8 Å². The van der Waals surface area contributed by atoms with Gasteiger partial charge in [-0.2, -0.15) is 5.26 Å². The van der Waals surface area contributed by atoms with Gasteiger partial charge < -0.3 is 5.32 Å². The van der Waals surface area contributed by atoms with Gasteiger partial charge in [-0.25, -0.2) is 4.98 Å². The highest BCUT2D eigenvalue weighted by Gasteiger charge is 2.11. The highest BCUT2D eigenvalue weighted by atomic mass is 35.5. The summed E-state index contributed by atoms with van der Waals surface area (Å²) in [5.74, 6) is -0.396. The number of benzene rings is 1. The van der Waals surface area contributed by atoms with Crippen molar-refractivity contribution in [2.24, 2.45) is 0 Å². The molecule has 1 aromatic heterocycles. The maximum atomic E-state index is 12.0. The molecule has 2 aromatic rings. The third-order valence-electron chi connectivity index (χ3n) is 2.34. The average Bonchev–Trinajstić information content (AvgIpc) is 2.43. The summed E-state index contributed by atoms with van der Waals surface area (Å²) >= 11 is 11.9. The minimum atomic E-state index is -0.396. The van der Waals surface area contributed by atoms with Crippen molar-refractivity contribution in [2.45, 2.75) is 0 Å². The topological polar surface area (TPSA) is 65.8 Å². The highest BCUT2D eigenvalue weighted by Crippen LogP contribution is 2.30. The van der Waals surface area contributed by atoms with E-state index in [2.05, 4.69) is 10.3 Å². The van der Waals surface area contributed by atoms with Crippen molar-refractivity contribution in [3.63, 3.8) is 0 Å². The van der Waals surface area contributed by atoms with Gasteiger partial charge in [-0.1, -0.05) is 29.3 Å². The monoisotopic (exact) mass is 291 g/mol. The molecule has 0 spiro atoms. The zero-order chi connectivity index (χ0) is 13.8. The van der Waals surface area contributed by atoms with Crippen molar-refractivity contribution < 1.29 is 4.79 Å². The molecule has 0 saturated carbocycles. The molecule has 1 aromatic carbocycles. The van der Waals surface area contributed by atoms with Gasteiger partial charge in [0, 0.05) is 6.20 Å². The van der Waals surface area contributed by atoms with Crippen molar-refractivity contribution in [1.29, 1.82) is 5.26 Å². The van der Waals surface area contributed by atoms with Gasteiger partial charge in [-0.05, 0) is 24.3 Å². The van der Waals surface area contributed by atoms with Gasteiger partial charge in [0.25, 0.3) is 5.91 Å². The Morgan fingerprint density at radius 3 is 2.42 bits per heavy atom. The van der Waals surface area contributed by atoms with E-state index >= 15 is 0 Å². The summed E-state index contributed by atoms with van der Waals surface area (Å²) in [5.41, 5.74) is 0.905. The van der Waals surface area contributed by atoms with Crippen LogP contribution in [0.15, 0.2) is 36.5 Å². The number of nitriles is 1. The van der Waals surface area contributed by atoms with Crippen molar-refractivity contribution in [1.82, 2.24) is 4.98 Å². The van der Waals surface area contributed by atoms with Crippen LogP contribution in [0.5, 0.6) is 0 Å². The Balaban J connectivity index is 2.23. The molecule has 0 bridgehead atoms. The Kier molecular flexibility index (Phi) is 4.00. The number of aromatic nitrogens is 1.